The third-order valence-electron chi connectivity index (χ3n) is 3.38. The molecule has 0 bridgehead atoms. The van der Waals surface area contributed by atoms with Gasteiger partial charge in [0.25, 0.3) is 0 Å². The molecular weight excluding hydrogens is 286 g/mol. The first-order chi connectivity index (χ1) is 10.2. The number of benzene rings is 2. The molecule has 0 unspecified atom stereocenters. The number of hydrogen-bond acceptors (Lipinski definition) is 4. The second-order valence-electron chi connectivity index (χ2n) is 4.70. The summed E-state index contributed by atoms with van der Waals surface area (Å²) >= 11 is 6.17. The molecule has 0 aliphatic rings. The van der Waals surface area contributed by atoms with Crippen LogP contribution in [0, 0.1) is 6.92 Å². The van der Waals surface area contributed by atoms with Crippen molar-refractivity contribution in [3.05, 3.63) is 58.6 Å². The van der Waals surface area contributed by atoms with Gasteiger partial charge in [-0.05, 0) is 40.6 Å². The lowest BCUT2D eigenvalue weighted by Gasteiger charge is -2.09. The van der Waals surface area contributed by atoms with Crippen LogP contribution in [0.2, 0.25) is 5.02 Å². The van der Waals surface area contributed by atoms with Gasteiger partial charge in [0, 0.05) is 17.1 Å². The number of nitrogens with two attached hydrogens (primary N) is 1. The molecule has 1 aromatic heterocycles. The fourth-order valence-electron chi connectivity index (χ4n) is 2.14. The van der Waals surface area contributed by atoms with Gasteiger partial charge in [0.1, 0.15) is 0 Å². The molecule has 0 aliphatic carbocycles. The summed E-state index contributed by atoms with van der Waals surface area (Å²) in [5, 5.41) is 12.7. The van der Waals surface area contributed by atoms with Gasteiger partial charge in [-0.2, -0.15) is 4.68 Å². The van der Waals surface area contributed by atoms with E-state index in [0.29, 0.717) is 17.4 Å². The van der Waals surface area contributed by atoms with E-state index in [9.17, 15) is 0 Å². The molecule has 0 amide bonds. The van der Waals surface area contributed by atoms with Crippen molar-refractivity contribution in [3.8, 4) is 17.1 Å². The number of halogens is 1. The Labute approximate surface area is 127 Å². The summed E-state index contributed by atoms with van der Waals surface area (Å²) in [5.41, 5.74) is 9.41. The van der Waals surface area contributed by atoms with Gasteiger partial charge in [0.2, 0.25) is 0 Å². The quantitative estimate of drug-likeness (QED) is 0.807. The maximum atomic E-state index is 6.17. The first-order valence-electron chi connectivity index (χ1n) is 6.54. The first kappa shape index (κ1) is 13.7. The Morgan fingerprint density at radius 1 is 1.14 bits per heavy atom. The van der Waals surface area contributed by atoms with Crippen LogP contribution in [-0.2, 0) is 6.54 Å². The van der Waals surface area contributed by atoms with E-state index in [2.05, 4.69) is 15.5 Å². The van der Waals surface area contributed by atoms with Crippen LogP contribution >= 0.6 is 11.6 Å². The Morgan fingerprint density at radius 3 is 2.62 bits per heavy atom. The number of aromatic nitrogens is 4. The van der Waals surface area contributed by atoms with Crippen LogP contribution in [0.3, 0.4) is 0 Å². The van der Waals surface area contributed by atoms with E-state index in [1.807, 2.05) is 49.4 Å². The summed E-state index contributed by atoms with van der Waals surface area (Å²) in [6.45, 7) is 2.46. The van der Waals surface area contributed by atoms with Crippen molar-refractivity contribution in [2.45, 2.75) is 13.5 Å². The van der Waals surface area contributed by atoms with Gasteiger partial charge in [-0.3, -0.25) is 0 Å². The number of nitrogens with zero attached hydrogens (tertiary/aromatic N) is 4. The summed E-state index contributed by atoms with van der Waals surface area (Å²) < 4.78 is 1.69. The Morgan fingerprint density at radius 2 is 1.90 bits per heavy atom. The standard InChI is InChI=1S/C15H14ClN5/c1-10-13(16)3-2-4-14(10)21-15(18-19-20-21)12-7-5-11(9-17)6-8-12/h2-8H,9,17H2,1H3. The average molecular weight is 300 g/mol. The predicted octanol–water partition coefficient (Wildman–Crippen LogP) is 2.75. The van der Waals surface area contributed by atoms with Crippen molar-refractivity contribution >= 4 is 11.6 Å². The molecular formula is C15H14ClN5. The molecule has 5 nitrogen and oxygen atoms in total. The monoisotopic (exact) mass is 299 g/mol. The molecule has 0 saturated carbocycles. The van der Waals surface area contributed by atoms with Gasteiger partial charge in [0.15, 0.2) is 5.82 Å². The highest BCUT2D eigenvalue weighted by molar-refractivity contribution is 6.31. The minimum absolute atomic E-state index is 0.513. The minimum Gasteiger partial charge on any atom is -0.326 e. The van der Waals surface area contributed by atoms with Gasteiger partial charge in [0.05, 0.1) is 5.69 Å². The topological polar surface area (TPSA) is 69.6 Å². The van der Waals surface area contributed by atoms with E-state index in [0.717, 1.165) is 22.4 Å². The van der Waals surface area contributed by atoms with Crippen LogP contribution in [0.25, 0.3) is 17.1 Å². The largest absolute Gasteiger partial charge is 0.326 e. The van der Waals surface area contributed by atoms with Crippen molar-refractivity contribution in [3.63, 3.8) is 0 Å². The lowest BCUT2D eigenvalue weighted by Crippen LogP contribution is -2.02. The lowest BCUT2D eigenvalue weighted by atomic mass is 10.1. The van der Waals surface area contributed by atoms with Crippen LogP contribution < -0.4 is 5.73 Å². The summed E-state index contributed by atoms with van der Waals surface area (Å²) in [6.07, 6.45) is 0. The van der Waals surface area contributed by atoms with Gasteiger partial charge < -0.3 is 5.73 Å². The second kappa shape index (κ2) is 5.63. The predicted molar refractivity (Wildman–Crippen MR) is 82.2 cm³/mol. The molecule has 0 spiro atoms. The molecule has 2 aromatic carbocycles. The second-order valence-corrected chi connectivity index (χ2v) is 5.11. The van der Waals surface area contributed by atoms with E-state index in [1.54, 1.807) is 4.68 Å². The van der Waals surface area contributed by atoms with Crippen molar-refractivity contribution < 1.29 is 0 Å². The molecule has 0 saturated heterocycles. The van der Waals surface area contributed by atoms with Crippen LogP contribution in [0.4, 0.5) is 0 Å². The van der Waals surface area contributed by atoms with Crippen molar-refractivity contribution in [1.29, 1.82) is 0 Å². The SMILES string of the molecule is Cc1c(Cl)cccc1-n1nnnc1-c1ccc(CN)cc1. The molecule has 0 radical (unpaired) electrons. The van der Waals surface area contributed by atoms with Crippen LogP contribution in [0.1, 0.15) is 11.1 Å². The zero-order chi connectivity index (χ0) is 14.8. The highest BCUT2D eigenvalue weighted by atomic mass is 35.5. The molecule has 0 aliphatic heterocycles. The molecule has 21 heavy (non-hydrogen) atoms. The van der Waals surface area contributed by atoms with E-state index in [-0.39, 0.29) is 0 Å². The van der Waals surface area contributed by atoms with Gasteiger partial charge in [-0.15, -0.1) is 5.10 Å². The molecule has 3 rings (SSSR count). The summed E-state index contributed by atoms with van der Waals surface area (Å²) in [4.78, 5) is 0. The molecule has 0 fully saturated rings. The van der Waals surface area contributed by atoms with Crippen molar-refractivity contribution in [1.82, 2.24) is 20.2 Å². The Hall–Kier alpha value is -2.24. The first-order valence-corrected chi connectivity index (χ1v) is 6.91. The smallest absolute Gasteiger partial charge is 0.187 e. The summed E-state index contributed by atoms with van der Waals surface area (Å²) in [6, 6.07) is 13.5. The maximum absolute atomic E-state index is 6.17. The lowest BCUT2D eigenvalue weighted by molar-refractivity contribution is 0.787. The minimum atomic E-state index is 0.513. The zero-order valence-electron chi connectivity index (χ0n) is 11.5. The Balaban J connectivity index is 2.10. The molecule has 6 heteroatoms. The van der Waals surface area contributed by atoms with E-state index >= 15 is 0 Å². The Bertz CT molecular complexity index is 764. The number of tetrazole rings is 1. The summed E-state index contributed by atoms with van der Waals surface area (Å²) in [7, 11) is 0. The zero-order valence-corrected chi connectivity index (χ0v) is 12.2. The molecule has 2 N–H and O–H groups in total. The fourth-order valence-corrected chi connectivity index (χ4v) is 2.31. The summed E-state index contributed by atoms with van der Waals surface area (Å²) in [5.74, 6) is 0.670. The van der Waals surface area contributed by atoms with E-state index in [1.165, 1.54) is 0 Å². The van der Waals surface area contributed by atoms with Crippen molar-refractivity contribution in [2.75, 3.05) is 0 Å². The van der Waals surface area contributed by atoms with Crippen LogP contribution in [0.5, 0.6) is 0 Å². The highest BCUT2D eigenvalue weighted by Gasteiger charge is 2.13. The molecule has 0 atom stereocenters. The van der Waals surface area contributed by atoms with Crippen LogP contribution in [0.15, 0.2) is 42.5 Å². The molecule has 106 valence electrons. The highest BCUT2D eigenvalue weighted by Crippen LogP contribution is 2.25. The Kier molecular flexibility index (Phi) is 3.68. The number of rotatable bonds is 3. The van der Waals surface area contributed by atoms with E-state index in [4.69, 9.17) is 17.3 Å². The van der Waals surface area contributed by atoms with E-state index < -0.39 is 0 Å². The van der Waals surface area contributed by atoms with Gasteiger partial charge in [-0.1, -0.05) is 41.9 Å². The fraction of sp³-hybridized carbons (Fsp3) is 0.133. The van der Waals surface area contributed by atoms with Crippen LogP contribution in [-0.4, -0.2) is 20.2 Å². The van der Waals surface area contributed by atoms with Crippen molar-refractivity contribution in [2.24, 2.45) is 5.73 Å². The normalized spacial score (nSPS) is 10.8. The average Bonchev–Trinajstić information content (AvgIpc) is 2.99. The third-order valence-corrected chi connectivity index (χ3v) is 3.79. The van der Waals surface area contributed by atoms with Gasteiger partial charge in [-0.25, -0.2) is 0 Å². The number of hydrogen-bond donors (Lipinski definition) is 1. The van der Waals surface area contributed by atoms with Gasteiger partial charge >= 0.3 is 0 Å². The maximum Gasteiger partial charge on any atom is 0.187 e. The third kappa shape index (κ3) is 2.53. The molecule has 3 aromatic rings. The molecule has 1 heterocycles.